The Kier molecular flexibility index (Phi) is 8.12. The minimum Gasteiger partial charge on any atom is -0.494 e. The van der Waals surface area contributed by atoms with Crippen LogP contribution in [0.15, 0.2) is 54.6 Å². The number of nitrogens with zero attached hydrogens (tertiary/aromatic N) is 1. The van der Waals surface area contributed by atoms with E-state index in [0.29, 0.717) is 32.5 Å². The number of carbonyl (C=O) groups is 2. The van der Waals surface area contributed by atoms with E-state index in [2.05, 4.69) is 5.32 Å². The van der Waals surface area contributed by atoms with E-state index in [-0.39, 0.29) is 18.6 Å². The standard InChI is InChI=1S/C24H30N2O4/c1-19-9-11-22(12-10-19)29-17-5-8-23(27)26-15-13-21(14-16-26)25-24(28)30-18-20-6-3-2-4-7-20/h2-4,6-7,9-12,21H,5,8,13-18H2,1H3,(H,25,28). The highest BCUT2D eigenvalue weighted by atomic mass is 16.5. The lowest BCUT2D eigenvalue weighted by Gasteiger charge is -2.32. The zero-order chi connectivity index (χ0) is 21.2. The van der Waals surface area contributed by atoms with Crippen molar-refractivity contribution in [2.75, 3.05) is 19.7 Å². The molecule has 30 heavy (non-hydrogen) atoms. The van der Waals surface area contributed by atoms with Crippen molar-refractivity contribution < 1.29 is 19.1 Å². The Morgan fingerprint density at radius 1 is 1.03 bits per heavy atom. The number of likely N-dealkylation sites (tertiary alicyclic amines) is 1. The number of hydrogen-bond donors (Lipinski definition) is 1. The summed E-state index contributed by atoms with van der Waals surface area (Å²) in [5.41, 5.74) is 2.15. The second kappa shape index (κ2) is 11.2. The number of carbonyl (C=O) groups excluding carboxylic acids is 2. The molecule has 160 valence electrons. The van der Waals surface area contributed by atoms with Gasteiger partial charge in [-0.2, -0.15) is 0 Å². The third-order valence-corrected chi connectivity index (χ3v) is 5.21. The van der Waals surface area contributed by atoms with Gasteiger partial charge in [0.25, 0.3) is 0 Å². The summed E-state index contributed by atoms with van der Waals surface area (Å²) in [6, 6.07) is 17.5. The van der Waals surface area contributed by atoms with Crippen LogP contribution in [0.2, 0.25) is 0 Å². The molecule has 2 aromatic carbocycles. The van der Waals surface area contributed by atoms with Gasteiger partial charge in [0.2, 0.25) is 5.91 Å². The van der Waals surface area contributed by atoms with Crippen molar-refractivity contribution >= 4 is 12.0 Å². The van der Waals surface area contributed by atoms with Crippen LogP contribution in [0, 0.1) is 6.92 Å². The second-order valence-electron chi connectivity index (χ2n) is 7.63. The lowest BCUT2D eigenvalue weighted by molar-refractivity contribution is -0.132. The molecule has 1 aliphatic rings. The van der Waals surface area contributed by atoms with Crippen molar-refractivity contribution in [3.05, 3.63) is 65.7 Å². The molecule has 1 saturated heterocycles. The molecule has 0 unspecified atom stereocenters. The molecular weight excluding hydrogens is 380 g/mol. The van der Waals surface area contributed by atoms with Crippen molar-refractivity contribution in [1.29, 1.82) is 0 Å². The lowest BCUT2D eigenvalue weighted by atomic mass is 10.0. The summed E-state index contributed by atoms with van der Waals surface area (Å²) < 4.78 is 11.0. The van der Waals surface area contributed by atoms with Gasteiger partial charge in [-0.05, 0) is 43.9 Å². The van der Waals surface area contributed by atoms with Gasteiger partial charge in [0.05, 0.1) is 6.61 Å². The van der Waals surface area contributed by atoms with Crippen molar-refractivity contribution in [1.82, 2.24) is 10.2 Å². The van der Waals surface area contributed by atoms with E-state index in [4.69, 9.17) is 9.47 Å². The van der Waals surface area contributed by atoms with E-state index in [1.54, 1.807) is 0 Å². The molecule has 2 amide bonds. The maximum absolute atomic E-state index is 12.4. The van der Waals surface area contributed by atoms with E-state index in [1.807, 2.05) is 66.4 Å². The van der Waals surface area contributed by atoms with Crippen LogP contribution < -0.4 is 10.1 Å². The number of piperidine rings is 1. The summed E-state index contributed by atoms with van der Waals surface area (Å²) in [6.45, 7) is 4.13. The van der Waals surface area contributed by atoms with Gasteiger partial charge in [0.1, 0.15) is 12.4 Å². The number of nitrogens with one attached hydrogen (secondary N) is 1. The fourth-order valence-electron chi connectivity index (χ4n) is 3.41. The van der Waals surface area contributed by atoms with Crippen molar-refractivity contribution in [2.45, 2.75) is 45.3 Å². The number of alkyl carbamates (subject to hydrolysis) is 1. The Hall–Kier alpha value is -3.02. The fourth-order valence-corrected chi connectivity index (χ4v) is 3.41. The molecule has 0 aliphatic carbocycles. The van der Waals surface area contributed by atoms with Crippen molar-refractivity contribution in [3.8, 4) is 5.75 Å². The number of ether oxygens (including phenoxy) is 2. The highest BCUT2D eigenvalue weighted by Crippen LogP contribution is 2.14. The smallest absolute Gasteiger partial charge is 0.407 e. The predicted molar refractivity (Wildman–Crippen MR) is 115 cm³/mol. The zero-order valence-corrected chi connectivity index (χ0v) is 17.5. The van der Waals surface area contributed by atoms with E-state index in [9.17, 15) is 9.59 Å². The van der Waals surface area contributed by atoms with Crippen LogP contribution in [0.5, 0.6) is 5.75 Å². The third kappa shape index (κ3) is 7.10. The summed E-state index contributed by atoms with van der Waals surface area (Å²) in [5.74, 6) is 0.978. The van der Waals surface area contributed by atoms with Crippen molar-refractivity contribution in [2.24, 2.45) is 0 Å². The molecule has 0 bridgehead atoms. The van der Waals surface area contributed by atoms with E-state index in [0.717, 1.165) is 24.2 Å². The van der Waals surface area contributed by atoms with Crippen LogP contribution in [0.3, 0.4) is 0 Å². The first-order chi connectivity index (χ1) is 14.6. The molecule has 1 fully saturated rings. The summed E-state index contributed by atoms with van der Waals surface area (Å²) in [4.78, 5) is 26.3. The van der Waals surface area contributed by atoms with Crippen LogP contribution in [0.1, 0.15) is 36.8 Å². The Morgan fingerprint density at radius 2 is 1.73 bits per heavy atom. The van der Waals surface area contributed by atoms with Gasteiger partial charge in [-0.25, -0.2) is 4.79 Å². The van der Waals surface area contributed by atoms with Gasteiger partial charge in [-0.15, -0.1) is 0 Å². The Morgan fingerprint density at radius 3 is 2.43 bits per heavy atom. The normalized spacial score (nSPS) is 14.2. The van der Waals surface area contributed by atoms with Crippen LogP contribution in [-0.2, 0) is 16.1 Å². The summed E-state index contributed by atoms with van der Waals surface area (Å²) in [7, 11) is 0. The van der Waals surface area contributed by atoms with Crippen molar-refractivity contribution in [3.63, 3.8) is 0 Å². The minimum atomic E-state index is -0.406. The maximum Gasteiger partial charge on any atom is 0.407 e. The molecule has 1 heterocycles. The molecule has 0 aromatic heterocycles. The largest absolute Gasteiger partial charge is 0.494 e. The predicted octanol–water partition coefficient (Wildman–Crippen LogP) is 4.07. The Bertz CT molecular complexity index is 800. The number of benzene rings is 2. The average molecular weight is 411 g/mol. The number of amides is 2. The zero-order valence-electron chi connectivity index (χ0n) is 17.5. The Balaban J connectivity index is 1.28. The quantitative estimate of drug-likeness (QED) is 0.666. The molecule has 3 rings (SSSR count). The summed E-state index contributed by atoms with van der Waals surface area (Å²) >= 11 is 0. The molecule has 6 nitrogen and oxygen atoms in total. The first-order valence-electron chi connectivity index (χ1n) is 10.5. The number of aryl methyl sites for hydroxylation is 1. The topological polar surface area (TPSA) is 67.9 Å². The lowest BCUT2D eigenvalue weighted by Crippen LogP contribution is -2.46. The first kappa shape index (κ1) is 21.7. The van der Waals surface area contributed by atoms with Gasteiger partial charge in [-0.1, -0.05) is 48.0 Å². The first-order valence-corrected chi connectivity index (χ1v) is 10.5. The third-order valence-electron chi connectivity index (χ3n) is 5.21. The maximum atomic E-state index is 12.4. The fraction of sp³-hybridized carbons (Fsp3) is 0.417. The highest BCUT2D eigenvalue weighted by Gasteiger charge is 2.24. The molecule has 2 aromatic rings. The molecule has 1 aliphatic heterocycles. The molecular formula is C24H30N2O4. The Labute approximate surface area is 178 Å². The van der Waals surface area contributed by atoms with Gasteiger partial charge >= 0.3 is 6.09 Å². The molecule has 0 saturated carbocycles. The molecule has 0 spiro atoms. The number of rotatable bonds is 8. The van der Waals surface area contributed by atoms with Gasteiger partial charge < -0.3 is 19.7 Å². The number of hydrogen-bond acceptors (Lipinski definition) is 4. The molecule has 6 heteroatoms. The van der Waals surface area contributed by atoms with E-state index < -0.39 is 6.09 Å². The van der Waals surface area contributed by atoms with Gasteiger partial charge in [0.15, 0.2) is 0 Å². The second-order valence-corrected chi connectivity index (χ2v) is 7.63. The average Bonchev–Trinajstić information content (AvgIpc) is 2.77. The SMILES string of the molecule is Cc1ccc(OCCCC(=O)N2CCC(NC(=O)OCc3ccccc3)CC2)cc1. The van der Waals surface area contributed by atoms with E-state index >= 15 is 0 Å². The molecule has 0 atom stereocenters. The summed E-state index contributed by atoms with van der Waals surface area (Å²) in [5, 5.41) is 2.90. The van der Waals surface area contributed by atoms with Crippen LogP contribution >= 0.6 is 0 Å². The highest BCUT2D eigenvalue weighted by molar-refractivity contribution is 5.76. The minimum absolute atomic E-state index is 0.0437. The van der Waals surface area contributed by atoms with Crippen LogP contribution in [0.4, 0.5) is 4.79 Å². The molecule has 0 radical (unpaired) electrons. The summed E-state index contributed by atoms with van der Waals surface area (Å²) in [6.07, 6.45) is 2.24. The monoisotopic (exact) mass is 410 g/mol. The van der Waals surface area contributed by atoms with Gasteiger partial charge in [-0.3, -0.25) is 4.79 Å². The molecule has 1 N–H and O–H groups in total. The van der Waals surface area contributed by atoms with Crippen LogP contribution in [0.25, 0.3) is 0 Å². The van der Waals surface area contributed by atoms with Crippen LogP contribution in [-0.4, -0.2) is 42.6 Å². The van der Waals surface area contributed by atoms with Gasteiger partial charge in [0, 0.05) is 25.6 Å². The van der Waals surface area contributed by atoms with E-state index in [1.165, 1.54) is 5.56 Å².